The van der Waals surface area contributed by atoms with Crippen LogP contribution in [-0.4, -0.2) is 42.4 Å². The topological polar surface area (TPSA) is 87.7 Å². The molecule has 0 aromatic rings. The zero-order valence-corrected chi connectivity index (χ0v) is 11.2. The second-order valence-corrected chi connectivity index (χ2v) is 5.60. The number of hydrogen-bond donors (Lipinski definition) is 3. The van der Waals surface area contributed by atoms with Crippen molar-refractivity contribution in [2.75, 3.05) is 13.2 Å². The molecule has 2 fully saturated rings. The Labute approximate surface area is 112 Å². The van der Waals surface area contributed by atoms with Gasteiger partial charge < -0.3 is 20.5 Å². The van der Waals surface area contributed by atoms with E-state index in [2.05, 4.69) is 10.6 Å². The van der Waals surface area contributed by atoms with Crippen LogP contribution in [0.5, 0.6) is 0 Å². The minimum atomic E-state index is -0.959. The Balaban J connectivity index is 1.75. The number of aliphatic carboxylic acids is 1. The fraction of sp³-hybridized carbons (Fsp3) is 0.846. The Morgan fingerprint density at radius 3 is 2.58 bits per heavy atom. The molecule has 108 valence electrons. The summed E-state index contributed by atoms with van der Waals surface area (Å²) in [5.41, 5.74) is 0. The maximum atomic E-state index is 11.8. The summed E-state index contributed by atoms with van der Waals surface area (Å²) in [6, 6.07) is -1.18. The van der Waals surface area contributed by atoms with Crippen LogP contribution < -0.4 is 10.6 Å². The zero-order valence-electron chi connectivity index (χ0n) is 11.2. The summed E-state index contributed by atoms with van der Waals surface area (Å²) in [5, 5.41) is 14.4. The van der Waals surface area contributed by atoms with Gasteiger partial charge in [-0.1, -0.05) is 12.8 Å². The molecule has 0 aromatic heterocycles. The minimum absolute atomic E-state index is 0.00197. The maximum Gasteiger partial charge on any atom is 0.326 e. The predicted molar refractivity (Wildman–Crippen MR) is 68.8 cm³/mol. The molecule has 1 saturated carbocycles. The summed E-state index contributed by atoms with van der Waals surface area (Å²) in [6.07, 6.45) is 3.61. The number of hydrogen-bond acceptors (Lipinski definition) is 3. The van der Waals surface area contributed by atoms with E-state index in [-0.39, 0.29) is 6.04 Å². The van der Waals surface area contributed by atoms with Crippen LogP contribution in [0.1, 0.15) is 32.6 Å². The van der Waals surface area contributed by atoms with Crippen molar-refractivity contribution < 1.29 is 19.4 Å². The molecule has 6 heteroatoms. The number of carboxylic acid groups (broad SMARTS) is 1. The van der Waals surface area contributed by atoms with Gasteiger partial charge in [0.2, 0.25) is 0 Å². The smallest absolute Gasteiger partial charge is 0.326 e. The second kappa shape index (κ2) is 6.23. The van der Waals surface area contributed by atoms with E-state index in [9.17, 15) is 9.59 Å². The fourth-order valence-electron chi connectivity index (χ4n) is 2.38. The molecule has 3 atom stereocenters. The van der Waals surface area contributed by atoms with Crippen LogP contribution in [0.25, 0.3) is 0 Å². The van der Waals surface area contributed by atoms with Crippen LogP contribution in [-0.2, 0) is 9.53 Å². The first kappa shape index (κ1) is 14.1. The molecule has 3 unspecified atom stereocenters. The van der Waals surface area contributed by atoms with Crippen molar-refractivity contribution in [3.63, 3.8) is 0 Å². The maximum absolute atomic E-state index is 11.8. The van der Waals surface area contributed by atoms with Gasteiger partial charge in [-0.3, -0.25) is 0 Å². The third kappa shape index (κ3) is 4.38. The quantitative estimate of drug-likeness (QED) is 0.671. The lowest BCUT2D eigenvalue weighted by molar-refractivity contribution is -0.139. The van der Waals surface area contributed by atoms with E-state index in [0.717, 1.165) is 25.9 Å². The van der Waals surface area contributed by atoms with Crippen molar-refractivity contribution in [1.29, 1.82) is 0 Å². The Hall–Kier alpha value is -1.30. The largest absolute Gasteiger partial charge is 0.480 e. The van der Waals surface area contributed by atoms with Crippen molar-refractivity contribution in [2.45, 2.75) is 44.7 Å². The average Bonchev–Trinajstić information content (AvgIpc) is 2.99. The lowest BCUT2D eigenvalue weighted by atomic mass is 10.0. The van der Waals surface area contributed by atoms with Gasteiger partial charge in [-0.2, -0.15) is 0 Å². The summed E-state index contributed by atoms with van der Waals surface area (Å²) < 4.78 is 5.27. The van der Waals surface area contributed by atoms with Gasteiger partial charge in [0.05, 0.1) is 6.61 Å². The lowest BCUT2D eigenvalue weighted by Gasteiger charge is -2.21. The number of ether oxygens (including phenoxy) is 1. The third-order valence-corrected chi connectivity index (χ3v) is 3.90. The lowest BCUT2D eigenvalue weighted by Crippen LogP contribution is -2.50. The molecule has 1 aliphatic heterocycles. The van der Waals surface area contributed by atoms with Crippen molar-refractivity contribution in [3.8, 4) is 0 Å². The highest BCUT2D eigenvalue weighted by atomic mass is 16.5. The monoisotopic (exact) mass is 270 g/mol. The first-order valence-corrected chi connectivity index (χ1v) is 6.94. The molecular formula is C13H22N2O4. The van der Waals surface area contributed by atoms with Crippen LogP contribution >= 0.6 is 0 Å². The molecule has 19 heavy (non-hydrogen) atoms. The molecule has 2 aliphatic rings. The molecule has 1 saturated heterocycles. The van der Waals surface area contributed by atoms with Gasteiger partial charge in [0.25, 0.3) is 0 Å². The summed E-state index contributed by atoms with van der Waals surface area (Å²) in [7, 11) is 0. The van der Waals surface area contributed by atoms with Crippen molar-refractivity contribution in [2.24, 2.45) is 11.8 Å². The van der Waals surface area contributed by atoms with Gasteiger partial charge in [-0.05, 0) is 25.7 Å². The standard InChI is InChI=1S/C13H22N2O4/c1-8(10-4-5-19-7-10)14-13(18)15-11(12(16)17)6-9-2-3-9/h8-11H,2-7H2,1H3,(H,16,17)(H2,14,15,18). The van der Waals surface area contributed by atoms with E-state index >= 15 is 0 Å². The number of amides is 2. The first-order valence-electron chi connectivity index (χ1n) is 6.94. The van der Waals surface area contributed by atoms with E-state index in [1.165, 1.54) is 0 Å². The molecule has 0 radical (unpaired) electrons. The first-order chi connectivity index (χ1) is 9.06. The van der Waals surface area contributed by atoms with E-state index in [1.54, 1.807) is 0 Å². The molecule has 6 nitrogen and oxygen atoms in total. The van der Waals surface area contributed by atoms with Crippen LogP contribution in [0.15, 0.2) is 0 Å². The van der Waals surface area contributed by atoms with Crippen LogP contribution in [0.4, 0.5) is 4.79 Å². The summed E-state index contributed by atoms with van der Waals surface area (Å²) in [6.45, 7) is 3.32. The van der Waals surface area contributed by atoms with Gasteiger partial charge in [0.15, 0.2) is 0 Å². The Kier molecular flexibility index (Phi) is 4.63. The zero-order chi connectivity index (χ0) is 13.8. The molecule has 0 bridgehead atoms. The SMILES string of the molecule is CC(NC(=O)NC(CC1CC1)C(=O)O)C1CCOC1. The number of rotatable bonds is 6. The highest BCUT2D eigenvalue weighted by Crippen LogP contribution is 2.33. The Bertz CT molecular complexity index is 338. The number of urea groups is 1. The van der Waals surface area contributed by atoms with Crippen molar-refractivity contribution >= 4 is 12.0 Å². The van der Waals surface area contributed by atoms with Gasteiger partial charge in [-0.15, -0.1) is 0 Å². The van der Waals surface area contributed by atoms with Gasteiger partial charge in [-0.25, -0.2) is 9.59 Å². The third-order valence-electron chi connectivity index (χ3n) is 3.90. The molecule has 2 rings (SSSR count). The molecule has 1 aliphatic carbocycles. The average molecular weight is 270 g/mol. The van der Waals surface area contributed by atoms with Crippen molar-refractivity contribution in [3.05, 3.63) is 0 Å². The Morgan fingerprint density at radius 1 is 1.32 bits per heavy atom. The Morgan fingerprint density at radius 2 is 2.05 bits per heavy atom. The van der Waals surface area contributed by atoms with Crippen LogP contribution in [0, 0.1) is 11.8 Å². The van der Waals surface area contributed by atoms with Crippen molar-refractivity contribution in [1.82, 2.24) is 10.6 Å². The molecule has 3 N–H and O–H groups in total. The highest BCUT2D eigenvalue weighted by Gasteiger charge is 2.31. The van der Waals surface area contributed by atoms with Crippen LogP contribution in [0.2, 0.25) is 0 Å². The minimum Gasteiger partial charge on any atom is -0.480 e. The summed E-state index contributed by atoms with van der Waals surface area (Å²) in [4.78, 5) is 22.9. The molecule has 0 aromatic carbocycles. The fourth-order valence-corrected chi connectivity index (χ4v) is 2.38. The number of carboxylic acids is 1. The van der Waals surface area contributed by atoms with Gasteiger partial charge in [0, 0.05) is 18.6 Å². The summed E-state index contributed by atoms with van der Waals surface area (Å²) >= 11 is 0. The number of nitrogens with one attached hydrogen (secondary N) is 2. The van der Waals surface area contributed by atoms with E-state index in [4.69, 9.17) is 9.84 Å². The molecule has 2 amide bonds. The number of carbonyl (C=O) groups excluding carboxylic acids is 1. The van der Waals surface area contributed by atoms with Gasteiger partial charge in [0.1, 0.15) is 6.04 Å². The van der Waals surface area contributed by atoms with E-state index < -0.39 is 18.0 Å². The molecular weight excluding hydrogens is 248 g/mol. The molecule has 0 spiro atoms. The second-order valence-electron chi connectivity index (χ2n) is 5.60. The van der Waals surface area contributed by atoms with E-state index in [1.807, 2.05) is 6.92 Å². The highest BCUT2D eigenvalue weighted by molar-refractivity contribution is 5.82. The normalized spacial score (nSPS) is 25.6. The predicted octanol–water partition coefficient (Wildman–Crippen LogP) is 0.964. The van der Waals surface area contributed by atoms with E-state index in [0.29, 0.717) is 24.9 Å². The molecule has 1 heterocycles. The van der Waals surface area contributed by atoms with Crippen LogP contribution in [0.3, 0.4) is 0 Å². The van der Waals surface area contributed by atoms with Gasteiger partial charge >= 0.3 is 12.0 Å². The number of carbonyl (C=O) groups is 2. The summed E-state index contributed by atoms with van der Waals surface area (Å²) in [5.74, 6) is -0.182.